The fraction of sp³-hybridized carbons (Fsp3) is 0.167. The Kier molecular flexibility index (Phi) is 5.68. The molecule has 1 aliphatic heterocycles. The molecule has 2 heterocycles. The fourth-order valence-corrected chi connectivity index (χ4v) is 5.38. The van der Waals surface area contributed by atoms with Crippen molar-refractivity contribution in [2.75, 3.05) is 6.54 Å². The predicted molar refractivity (Wildman–Crippen MR) is 123 cm³/mol. The molecule has 0 spiro atoms. The lowest BCUT2D eigenvalue weighted by molar-refractivity contribution is 0.0336. The van der Waals surface area contributed by atoms with Crippen LogP contribution in [0.25, 0.3) is 10.9 Å². The molecule has 3 aromatic carbocycles. The van der Waals surface area contributed by atoms with Crippen LogP contribution in [-0.2, 0) is 34.5 Å². The lowest BCUT2D eigenvalue weighted by Crippen LogP contribution is -2.36. The zero-order valence-electron chi connectivity index (χ0n) is 18.0. The Morgan fingerprint density at radius 1 is 0.971 bits per heavy atom. The van der Waals surface area contributed by atoms with E-state index in [9.17, 15) is 18.0 Å². The number of rotatable bonds is 5. The average Bonchev–Trinajstić information content (AvgIpc) is 2.88. The summed E-state index contributed by atoms with van der Waals surface area (Å²) < 4.78 is 34.0. The smallest absolute Gasteiger partial charge is 0.339 e. The minimum atomic E-state index is -3.81. The van der Waals surface area contributed by atoms with Gasteiger partial charge in [-0.1, -0.05) is 47.7 Å². The zero-order valence-corrected chi connectivity index (χ0v) is 18.8. The molecule has 1 aliphatic rings. The molecule has 0 radical (unpaired) electrons. The number of carbonyl (C=O) groups is 1. The van der Waals surface area contributed by atoms with E-state index in [1.54, 1.807) is 24.3 Å². The monoisotopic (exact) mass is 476 g/mol. The highest BCUT2D eigenvalue weighted by molar-refractivity contribution is 7.89. The van der Waals surface area contributed by atoms with Crippen LogP contribution >= 0.6 is 0 Å². The molecule has 0 N–H and O–H groups in total. The first-order valence-corrected chi connectivity index (χ1v) is 12.0. The molecule has 0 bridgehead atoms. The van der Waals surface area contributed by atoms with Crippen LogP contribution < -0.4 is 5.56 Å². The third-order valence-corrected chi connectivity index (χ3v) is 7.59. The molecule has 5 rings (SSSR count). The van der Waals surface area contributed by atoms with Crippen molar-refractivity contribution in [3.8, 4) is 0 Å². The van der Waals surface area contributed by atoms with E-state index in [4.69, 9.17) is 4.74 Å². The first-order valence-electron chi connectivity index (χ1n) is 10.6. The SMILES string of the molecule is O=C(OCn1nnc2ccccc2c1=O)c1cccc(S(=O)(=O)N2CCc3ccccc3C2)c1. The molecule has 0 unspecified atom stereocenters. The Labute approximate surface area is 195 Å². The van der Waals surface area contributed by atoms with Gasteiger partial charge in [-0.25, -0.2) is 13.2 Å². The maximum atomic E-state index is 13.2. The highest BCUT2D eigenvalue weighted by atomic mass is 32.2. The van der Waals surface area contributed by atoms with E-state index in [1.165, 1.54) is 28.6 Å². The zero-order chi connectivity index (χ0) is 23.7. The molecular weight excluding hydrogens is 456 g/mol. The maximum absolute atomic E-state index is 13.2. The summed E-state index contributed by atoms with van der Waals surface area (Å²) in [5.74, 6) is -0.775. The molecule has 10 heteroatoms. The van der Waals surface area contributed by atoms with Crippen molar-refractivity contribution < 1.29 is 17.9 Å². The van der Waals surface area contributed by atoms with Gasteiger partial charge in [0.15, 0.2) is 6.73 Å². The Balaban J connectivity index is 1.33. The highest BCUT2D eigenvalue weighted by Gasteiger charge is 2.28. The van der Waals surface area contributed by atoms with Gasteiger partial charge in [0, 0.05) is 13.1 Å². The second-order valence-electron chi connectivity index (χ2n) is 7.86. The van der Waals surface area contributed by atoms with Gasteiger partial charge in [0.25, 0.3) is 5.56 Å². The molecular formula is C24H20N4O5S. The minimum absolute atomic E-state index is 0.00370. The topological polar surface area (TPSA) is 111 Å². The number of aromatic nitrogens is 3. The molecule has 4 aromatic rings. The van der Waals surface area contributed by atoms with E-state index in [0.29, 0.717) is 23.9 Å². The number of hydrogen-bond donors (Lipinski definition) is 0. The van der Waals surface area contributed by atoms with Gasteiger partial charge in [-0.3, -0.25) is 4.79 Å². The van der Waals surface area contributed by atoms with Crippen LogP contribution in [0.3, 0.4) is 0 Å². The highest BCUT2D eigenvalue weighted by Crippen LogP contribution is 2.25. The van der Waals surface area contributed by atoms with Crippen molar-refractivity contribution in [2.45, 2.75) is 24.6 Å². The van der Waals surface area contributed by atoms with Gasteiger partial charge in [0.2, 0.25) is 10.0 Å². The molecule has 172 valence electrons. The summed E-state index contributed by atoms with van der Waals surface area (Å²) in [4.78, 5) is 25.1. The van der Waals surface area contributed by atoms with Crippen LogP contribution in [0.2, 0.25) is 0 Å². The first kappa shape index (κ1) is 21.9. The standard InChI is InChI=1S/C24H20N4O5S/c29-23-21-10-3-4-11-22(21)25-26-28(23)16-33-24(30)18-8-5-9-20(14-18)34(31,32)27-13-12-17-6-1-2-7-19(17)15-27/h1-11,14H,12-13,15-16H2. The summed E-state index contributed by atoms with van der Waals surface area (Å²) in [7, 11) is -3.81. The fourth-order valence-electron chi connectivity index (χ4n) is 3.92. The van der Waals surface area contributed by atoms with Gasteiger partial charge < -0.3 is 4.74 Å². The van der Waals surface area contributed by atoms with Crippen molar-refractivity contribution in [1.82, 2.24) is 19.3 Å². The van der Waals surface area contributed by atoms with Gasteiger partial charge in [-0.05, 0) is 47.9 Å². The molecule has 0 atom stereocenters. The number of sulfonamides is 1. The van der Waals surface area contributed by atoms with Gasteiger partial charge >= 0.3 is 5.97 Å². The lowest BCUT2D eigenvalue weighted by Gasteiger charge is -2.28. The Morgan fingerprint density at radius 3 is 2.59 bits per heavy atom. The molecule has 9 nitrogen and oxygen atoms in total. The number of benzene rings is 3. The normalized spacial score (nSPS) is 14.0. The quantitative estimate of drug-likeness (QED) is 0.407. The van der Waals surface area contributed by atoms with Crippen molar-refractivity contribution in [3.63, 3.8) is 0 Å². The number of fused-ring (bicyclic) bond motifs is 2. The third-order valence-electron chi connectivity index (χ3n) is 5.75. The van der Waals surface area contributed by atoms with E-state index in [0.717, 1.165) is 15.8 Å². The van der Waals surface area contributed by atoms with E-state index >= 15 is 0 Å². The first-order chi connectivity index (χ1) is 16.4. The van der Waals surface area contributed by atoms with Gasteiger partial charge in [0.05, 0.1) is 15.8 Å². The molecule has 0 saturated heterocycles. The minimum Gasteiger partial charge on any atom is -0.439 e. The summed E-state index contributed by atoms with van der Waals surface area (Å²) in [5.41, 5.74) is 2.15. The summed E-state index contributed by atoms with van der Waals surface area (Å²) in [6, 6.07) is 20.1. The van der Waals surface area contributed by atoms with Crippen molar-refractivity contribution in [1.29, 1.82) is 0 Å². The summed E-state index contributed by atoms with van der Waals surface area (Å²) in [5, 5.41) is 8.08. The van der Waals surface area contributed by atoms with Gasteiger partial charge in [-0.2, -0.15) is 8.99 Å². The molecule has 0 amide bonds. The van der Waals surface area contributed by atoms with Crippen LogP contribution in [0.5, 0.6) is 0 Å². The second-order valence-corrected chi connectivity index (χ2v) is 9.80. The number of carbonyl (C=O) groups excluding carboxylic acids is 1. The summed E-state index contributed by atoms with van der Waals surface area (Å²) in [6.07, 6.45) is 0.624. The van der Waals surface area contributed by atoms with E-state index in [2.05, 4.69) is 10.3 Å². The predicted octanol–water partition coefficient (Wildman–Crippen LogP) is 2.35. The van der Waals surface area contributed by atoms with Crippen LogP contribution in [0.4, 0.5) is 0 Å². The number of hydrogen-bond acceptors (Lipinski definition) is 7. The van der Waals surface area contributed by atoms with Crippen LogP contribution in [0, 0.1) is 0 Å². The molecule has 0 fully saturated rings. The van der Waals surface area contributed by atoms with Crippen LogP contribution in [-0.4, -0.2) is 40.2 Å². The number of ether oxygens (including phenoxy) is 1. The molecule has 34 heavy (non-hydrogen) atoms. The van der Waals surface area contributed by atoms with Gasteiger partial charge in [0.1, 0.15) is 5.52 Å². The van der Waals surface area contributed by atoms with Gasteiger partial charge in [-0.15, -0.1) is 5.10 Å². The van der Waals surface area contributed by atoms with Crippen molar-refractivity contribution in [2.24, 2.45) is 0 Å². The molecule has 0 aliphatic carbocycles. The summed E-state index contributed by atoms with van der Waals surface area (Å²) in [6.45, 7) is 0.184. The van der Waals surface area contributed by atoms with E-state index in [1.807, 2.05) is 24.3 Å². The van der Waals surface area contributed by atoms with Crippen LogP contribution in [0.1, 0.15) is 21.5 Å². The Bertz CT molecular complexity index is 1570. The summed E-state index contributed by atoms with van der Waals surface area (Å²) >= 11 is 0. The Hall–Kier alpha value is -3.89. The largest absolute Gasteiger partial charge is 0.439 e. The van der Waals surface area contributed by atoms with Crippen LogP contribution in [0.15, 0.2) is 82.5 Å². The number of nitrogens with zero attached hydrogens (tertiary/aromatic N) is 4. The van der Waals surface area contributed by atoms with Crippen molar-refractivity contribution >= 4 is 26.9 Å². The lowest BCUT2D eigenvalue weighted by atomic mass is 10.0. The second kappa shape index (κ2) is 8.81. The number of esters is 1. The Morgan fingerprint density at radius 2 is 1.74 bits per heavy atom. The maximum Gasteiger partial charge on any atom is 0.339 e. The average molecular weight is 477 g/mol. The van der Waals surface area contributed by atoms with Crippen molar-refractivity contribution in [3.05, 3.63) is 99.8 Å². The molecule has 1 aromatic heterocycles. The molecule has 0 saturated carbocycles. The van der Waals surface area contributed by atoms with E-state index in [-0.39, 0.29) is 17.0 Å². The third kappa shape index (κ3) is 4.09. The van der Waals surface area contributed by atoms with E-state index < -0.39 is 28.3 Å².